The molecule has 2 heterocycles. The summed E-state index contributed by atoms with van der Waals surface area (Å²) in [4.78, 5) is 21.8. The Labute approximate surface area is 180 Å². The van der Waals surface area contributed by atoms with Crippen LogP contribution in [-0.2, 0) is 4.79 Å². The van der Waals surface area contributed by atoms with Crippen LogP contribution in [0.15, 0.2) is 65.6 Å². The van der Waals surface area contributed by atoms with E-state index in [1.807, 2.05) is 0 Å². The van der Waals surface area contributed by atoms with E-state index >= 15 is 0 Å². The number of aromatic nitrogens is 3. The second-order valence-corrected chi connectivity index (χ2v) is 7.06. The van der Waals surface area contributed by atoms with Crippen LogP contribution >= 0.6 is 23.2 Å². The number of benzene rings is 2. The van der Waals surface area contributed by atoms with Crippen LogP contribution in [0, 0.1) is 5.82 Å². The number of carbonyl (C=O) groups is 1. The van der Waals surface area contributed by atoms with Crippen molar-refractivity contribution in [3.8, 4) is 22.5 Å². The summed E-state index contributed by atoms with van der Waals surface area (Å²) in [7, 11) is 0. The normalized spacial score (nSPS) is 10.8. The summed E-state index contributed by atoms with van der Waals surface area (Å²) in [6, 6.07) is 12.5. The second-order valence-electron chi connectivity index (χ2n) is 6.24. The predicted molar refractivity (Wildman–Crippen MR) is 112 cm³/mol. The lowest BCUT2D eigenvalue weighted by Gasteiger charge is -2.19. The monoisotopic (exact) mass is 442 g/mol. The molecule has 0 unspecified atom stereocenters. The number of para-hydroxylation sites is 1. The third kappa shape index (κ3) is 3.65. The highest BCUT2D eigenvalue weighted by atomic mass is 35.5. The van der Waals surface area contributed by atoms with Gasteiger partial charge in [-0.2, -0.15) is 0 Å². The van der Waals surface area contributed by atoms with Crippen LogP contribution in [0.2, 0.25) is 10.0 Å². The minimum atomic E-state index is -0.589. The van der Waals surface area contributed by atoms with Crippen molar-refractivity contribution in [3.63, 3.8) is 0 Å². The third-order valence-corrected chi connectivity index (χ3v) is 5.06. The van der Waals surface area contributed by atoms with Gasteiger partial charge in [0.25, 0.3) is 0 Å². The van der Waals surface area contributed by atoms with Crippen LogP contribution < -0.4 is 4.90 Å². The van der Waals surface area contributed by atoms with Crippen molar-refractivity contribution in [2.45, 2.75) is 6.92 Å². The van der Waals surface area contributed by atoms with Crippen molar-refractivity contribution in [1.29, 1.82) is 0 Å². The molecule has 0 aliphatic carbocycles. The Bertz CT molecular complexity index is 1230. The van der Waals surface area contributed by atoms with Gasteiger partial charge in [-0.1, -0.05) is 46.6 Å². The van der Waals surface area contributed by atoms with Crippen molar-refractivity contribution in [2.24, 2.45) is 0 Å². The number of hydrogen-bond donors (Lipinski definition) is 0. The van der Waals surface area contributed by atoms with Gasteiger partial charge in [0.2, 0.25) is 11.8 Å². The van der Waals surface area contributed by atoms with Gasteiger partial charge in [0.1, 0.15) is 17.8 Å². The maximum atomic E-state index is 14.5. The molecule has 0 aliphatic heterocycles. The molecule has 0 radical (unpaired) electrons. The van der Waals surface area contributed by atoms with Gasteiger partial charge in [0.15, 0.2) is 0 Å². The van der Waals surface area contributed by atoms with Crippen LogP contribution in [0.25, 0.3) is 22.5 Å². The third-order valence-electron chi connectivity index (χ3n) is 4.32. The zero-order valence-corrected chi connectivity index (χ0v) is 17.0. The van der Waals surface area contributed by atoms with Crippen LogP contribution in [-0.4, -0.2) is 21.0 Å². The van der Waals surface area contributed by atoms with Gasteiger partial charge in [0, 0.05) is 18.7 Å². The van der Waals surface area contributed by atoms with Gasteiger partial charge in [0.05, 0.1) is 27.0 Å². The SMILES string of the molecule is CC(=O)N(c1ccccc1F)c1onc(-c2ccc(Cl)c(Cl)c2)c1-c1ccncn1. The van der Waals surface area contributed by atoms with E-state index in [-0.39, 0.29) is 11.6 Å². The summed E-state index contributed by atoms with van der Waals surface area (Å²) in [5.41, 5.74) is 1.80. The Kier molecular flexibility index (Phi) is 5.48. The molecule has 4 rings (SSSR count). The number of nitrogens with zero attached hydrogens (tertiary/aromatic N) is 4. The molecule has 0 spiro atoms. The van der Waals surface area contributed by atoms with Crippen molar-refractivity contribution in [3.05, 3.63) is 76.9 Å². The number of rotatable bonds is 4. The quantitative estimate of drug-likeness (QED) is 0.391. The Morgan fingerprint density at radius 3 is 2.57 bits per heavy atom. The lowest BCUT2D eigenvalue weighted by Crippen LogP contribution is -2.24. The van der Waals surface area contributed by atoms with E-state index in [2.05, 4.69) is 15.1 Å². The van der Waals surface area contributed by atoms with Crippen LogP contribution in [0.1, 0.15) is 6.92 Å². The maximum Gasteiger partial charge on any atom is 0.248 e. The van der Waals surface area contributed by atoms with E-state index in [4.69, 9.17) is 27.7 Å². The number of carbonyl (C=O) groups excluding carboxylic acids is 1. The molecule has 2 aromatic carbocycles. The average molecular weight is 443 g/mol. The Morgan fingerprint density at radius 1 is 1.10 bits per heavy atom. The van der Waals surface area contributed by atoms with Gasteiger partial charge in [-0.3, -0.25) is 4.79 Å². The van der Waals surface area contributed by atoms with Crippen molar-refractivity contribution in [2.75, 3.05) is 4.90 Å². The molecule has 0 N–H and O–H groups in total. The maximum absolute atomic E-state index is 14.5. The standard InChI is InChI=1S/C21H13Cl2FN4O2/c1-12(29)28(18-5-3-2-4-16(18)24)21-19(17-8-9-25-11-26-17)20(27-30-21)13-6-7-14(22)15(23)10-13/h2-11H,1H3. The molecule has 0 atom stereocenters. The topological polar surface area (TPSA) is 72.1 Å². The Balaban J connectivity index is 1.98. The molecule has 0 aliphatic rings. The molecule has 150 valence electrons. The molecule has 0 bridgehead atoms. The molecular weight excluding hydrogens is 430 g/mol. The first-order valence-electron chi connectivity index (χ1n) is 8.74. The number of anilines is 2. The van der Waals surface area contributed by atoms with E-state index in [0.717, 1.165) is 4.90 Å². The zero-order chi connectivity index (χ0) is 21.3. The predicted octanol–water partition coefficient (Wildman–Crippen LogP) is 5.93. The van der Waals surface area contributed by atoms with Gasteiger partial charge >= 0.3 is 0 Å². The Hall–Kier alpha value is -3.29. The summed E-state index contributed by atoms with van der Waals surface area (Å²) >= 11 is 12.2. The molecule has 0 saturated heterocycles. The molecule has 4 aromatic rings. The molecule has 9 heteroatoms. The number of halogens is 3. The summed E-state index contributed by atoms with van der Waals surface area (Å²) < 4.78 is 20.1. The highest BCUT2D eigenvalue weighted by molar-refractivity contribution is 6.42. The largest absolute Gasteiger partial charge is 0.336 e. The van der Waals surface area contributed by atoms with Crippen LogP contribution in [0.3, 0.4) is 0 Å². The van der Waals surface area contributed by atoms with Gasteiger partial charge < -0.3 is 4.52 Å². The number of hydrogen-bond acceptors (Lipinski definition) is 5. The van der Waals surface area contributed by atoms with Gasteiger partial charge in [-0.15, -0.1) is 0 Å². The van der Waals surface area contributed by atoms with Crippen molar-refractivity contribution < 1.29 is 13.7 Å². The summed E-state index contributed by atoms with van der Waals surface area (Å²) in [5.74, 6) is -1.03. The summed E-state index contributed by atoms with van der Waals surface area (Å²) in [5, 5.41) is 4.84. The van der Waals surface area contributed by atoms with E-state index in [1.165, 1.54) is 31.5 Å². The highest BCUT2D eigenvalue weighted by Crippen LogP contribution is 2.42. The lowest BCUT2D eigenvalue weighted by molar-refractivity contribution is -0.116. The minimum absolute atomic E-state index is 0.0207. The highest BCUT2D eigenvalue weighted by Gasteiger charge is 2.29. The first-order chi connectivity index (χ1) is 14.5. The van der Waals surface area contributed by atoms with E-state index in [1.54, 1.807) is 36.5 Å². The minimum Gasteiger partial charge on any atom is -0.336 e. The van der Waals surface area contributed by atoms with E-state index < -0.39 is 11.7 Å². The Morgan fingerprint density at radius 2 is 1.90 bits per heavy atom. The van der Waals surface area contributed by atoms with Crippen LogP contribution in [0.5, 0.6) is 0 Å². The smallest absolute Gasteiger partial charge is 0.248 e. The first kappa shape index (κ1) is 20.0. The molecule has 0 saturated carbocycles. The second kappa shape index (κ2) is 8.22. The molecule has 0 fully saturated rings. The molecule has 1 amide bonds. The first-order valence-corrected chi connectivity index (χ1v) is 9.49. The average Bonchev–Trinajstić information content (AvgIpc) is 3.16. The molecule has 2 aromatic heterocycles. The lowest BCUT2D eigenvalue weighted by atomic mass is 10.0. The zero-order valence-electron chi connectivity index (χ0n) is 15.5. The molecule has 30 heavy (non-hydrogen) atoms. The van der Waals surface area contributed by atoms with Crippen LogP contribution in [0.4, 0.5) is 16.0 Å². The van der Waals surface area contributed by atoms with Crippen molar-refractivity contribution >= 4 is 40.7 Å². The fourth-order valence-corrected chi connectivity index (χ4v) is 3.30. The van der Waals surface area contributed by atoms with Gasteiger partial charge in [-0.25, -0.2) is 19.3 Å². The van der Waals surface area contributed by atoms with Gasteiger partial charge in [-0.05, 0) is 30.3 Å². The molecule has 6 nitrogen and oxygen atoms in total. The fraction of sp³-hybridized carbons (Fsp3) is 0.0476. The van der Waals surface area contributed by atoms with E-state index in [0.29, 0.717) is 32.6 Å². The summed E-state index contributed by atoms with van der Waals surface area (Å²) in [6.07, 6.45) is 2.89. The number of amides is 1. The summed E-state index contributed by atoms with van der Waals surface area (Å²) in [6.45, 7) is 1.30. The van der Waals surface area contributed by atoms with Crippen molar-refractivity contribution in [1.82, 2.24) is 15.1 Å². The fourth-order valence-electron chi connectivity index (χ4n) is 3.00. The van der Waals surface area contributed by atoms with E-state index in [9.17, 15) is 9.18 Å². The molecular formula is C21H13Cl2FN4O2.